The molecule has 100 valence electrons. The van der Waals surface area contributed by atoms with Crippen molar-refractivity contribution in [3.05, 3.63) is 41.6 Å². The molecule has 1 aliphatic rings. The van der Waals surface area contributed by atoms with E-state index in [2.05, 4.69) is 25.1 Å². The highest BCUT2D eigenvalue weighted by molar-refractivity contribution is 5.47. The Balaban J connectivity index is 1.95. The number of aromatic nitrogens is 2. The van der Waals surface area contributed by atoms with Crippen molar-refractivity contribution in [2.24, 2.45) is 0 Å². The summed E-state index contributed by atoms with van der Waals surface area (Å²) in [5, 5.41) is 4.76. The van der Waals surface area contributed by atoms with Crippen LogP contribution in [-0.4, -0.2) is 9.78 Å². The molecule has 1 fully saturated rings. The first-order chi connectivity index (χ1) is 9.25. The molecule has 0 radical (unpaired) electrons. The summed E-state index contributed by atoms with van der Waals surface area (Å²) in [4.78, 5) is 0. The highest BCUT2D eigenvalue weighted by Gasteiger charge is 2.20. The van der Waals surface area contributed by atoms with E-state index in [1.165, 1.54) is 43.4 Å². The Hall–Kier alpha value is -1.77. The van der Waals surface area contributed by atoms with Crippen molar-refractivity contribution in [3.63, 3.8) is 0 Å². The number of anilines is 1. The number of benzene rings is 1. The Kier molecular flexibility index (Phi) is 3.28. The largest absolute Gasteiger partial charge is 0.384 e. The van der Waals surface area contributed by atoms with Crippen LogP contribution in [-0.2, 0) is 0 Å². The molecule has 0 saturated heterocycles. The Labute approximate surface area is 114 Å². The summed E-state index contributed by atoms with van der Waals surface area (Å²) in [6.45, 7) is 2.09. The van der Waals surface area contributed by atoms with Gasteiger partial charge in [0.15, 0.2) is 0 Å². The fraction of sp³-hybridized carbons (Fsp3) is 0.438. The van der Waals surface area contributed by atoms with Gasteiger partial charge in [0, 0.05) is 12.0 Å². The van der Waals surface area contributed by atoms with Gasteiger partial charge in [-0.3, -0.25) is 0 Å². The number of hydrogen-bond donors (Lipinski definition) is 1. The number of para-hydroxylation sites is 1. The Morgan fingerprint density at radius 2 is 1.89 bits per heavy atom. The van der Waals surface area contributed by atoms with Crippen LogP contribution in [0.3, 0.4) is 0 Å². The van der Waals surface area contributed by atoms with Gasteiger partial charge in [-0.1, -0.05) is 37.5 Å². The number of nitrogens with two attached hydrogens (primary N) is 1. The second-order valence-electron chi connectivity index (χ2n) is 5.53. The van der Waals surface area contributed by atoms with Gasteiger partial charge in [-0.2, -0.15) is 5.10 Å². The molecule has 0 atom stereocenters. The fourth-order valence-electron chi connectivity index (χ4n) is 3.01. The van der Waals surface area contributed by atoms with Crippen LogP contribution in [0.1, 0.15) is 49.3 Å². The molecule has 3 rings (SSSR count). The van der Waals surface area contributed by atoms with E-state index in [0.29, 0.717) is 5.92 Å². The maximum absolute atomic E-state index is 6.15. The van der Waals surface area contributed by atoms with Crippen LogP contribution < -0.4 is 5.73 Å². The normalized spacial score (nSPS) is 16.7. The summed E-state index contributed by atoms with van der Waals surface area (Å²) >= 11 is 0. The van der Waals surface area contributed by atoms with E-state index in [1.807, 2.05) is 16.8 Å². The van der Waals surface area contributed by atoms with Gasteiger partial charge in [0.05, 0.1) is 11.4 Å². The molecule has 19 heavy (non-hydrogen) atoms. The van der Waals surface area contributed by atoms with Crippen LogP contribution in [0.2, 0.25) is 0 Å². The first kappa shape index (κ1) is 12.3. The minimum absolute atomic E-state index is 0.598. The summed E-state index contributed by atoms with van der Waals surface area (Å²) < 4.78 is 1.89. The second kappa shape index (κ2) is 5.08. The molecule has 0 bridgehead atoms. The van der Waals surface area contributed by atoms with Crippen molar-refractivity contribution >= 4 is 5.82 Å². The van der Waals surface area contributed by atoms with Gasteiger partial charge in [-0.05, 0) is 31.4 Å². The van der Waals surface area contributed by atoms with E-state index in [1.54, 1.807) is 0 Å². The van der Waals surface area contributed by atoms with Gasteiger partial charge >= 0.3 is 0 Å². The molecule has 1 aromatic carbocycles. The van der Waals surface area contributed by atoms with E-state index in [4.69, 9.17) is 10.8 Å². The zero-order valence-electron chi connectivity index (χ0n) is 11.5. The predicted molar refractivity (Wildman–Crippen MR) is 78.5 cm³/mol. The van der Waals surface area contributed by atoms with Gasteiger partial charge in [-0.15, -0.1) is 0 Å². The van der Waals surface area contributed by atoms with Gasteiger partial charge in [0.1, 0.15) is 5.82 Å². The average Bonchev–Trinajstić information content (AvgIpc) is 2.82. The van der Waals surface area contributed by atoms with Crippen molar-refractivity contribution in [1.82, 2.24) is 9.78 Å². The summed E-state index contributed by atoms with van der Waals surface area (Å²) in [5.74, 6) is 1.34. The summed E-state index contributed by atoms with van der Waals surface area (Å²) in [7, 11) is 0. The highest BCUT2D eigenvalue weighted by Crippen LogP contribution is 2.33. The lowest BCUT2D eigenvalue weighted by molar-refractivity contribution is 0.435. The maximum atomic E-state index is 6.15. The van der Waals surface area contributed by atoms with Crippen LogP contribution in [0.5, 0.6) is 0 Å². The Morgan fingerprint density at radius 3 is 2.63 bits per heavy atom. The standard InChI is InChI=1S/C16H21N3/c1-12-7-5-6-10-15(12)19-16(17)11-14(18-19)13-8-3-2-4-9-13/h5-7,10-11,13H,2-4,8-9,17H2,1H3. The number of hydrogen-bond acceptors (Lipinski definition) is 2. The number of nitrogen functional groups attached to an aromatic ring is 1. The van der Waals surface area contributed by atoms with Crippen molar-refractivity contribution in [2.45, 2.75) is 44.9 Å². The third-order valence-electron chi connectivity index (χ3n) is 4.12. The first-order valence-electron chi connectivity index (χ1n) is 7.17. The van der Waals surface area contributed by atoms with E-state index < -0.39 is 0 Å². The average molecular weight is 255 g/mol. The van der Waals surface area contributed by atoms with E-state index in [9.17, 15) is 0 Å². The zero-order chi connectivity index (χ0) is 13.2. The third kappa shape index (κ3) is 2.37. The molecule has 0 spiro atoms. The second-order valence-corrected chi connectivity index (χ2v) is 5.53. The SMILES string of the molecule is Cc1ccccc1-n1nc(C2CCCCC2)cc1N. The lowest BCUT2D eigenvalue weighted by Gasteiger charge is -2.19. The fourth-order valence-corrected chi connectivity index (χ4v) is 3.01. The summed E-state index contributed by atoms with van der Waals surface area (Å²) in [6, 6.07) is 10.3. The molecule has 1 aromatic heterocycles. The molecule has 0 amide bonds. The lowest BCUT2D eigenvalue weighted by atomic mass is 9.87. The Bertz CT molecular complexity index is 565. The quantitative estimate of drug-likeness (QED) is 0.886. The minimum atomic E-state index is 0.598. The Morgan fingerprint density at radius 1 is 1.16 bits per heavy atom. The molecule has 3 nitrogen and oxygen atoms in total. The van der Waals surface area contributed by atoms with Crippen molar-refractivity contribution < 1.29 is 0 Å². The summed E-state index contributed by atoms with van der Waals surface area (Å²) in [5.41, 5.74) is 9.60. The van der Waals surface area contributed by atoms with Crippen molar-refractivity contribution in [1.29, 1.82) is 0 Å². The summed E-state index contributed by atoms with van der Waals surface area (Å²) in [6.07, 6.45) is 6.52. The molecule has 2 aromatic rings. The molecular weight excluding hydrogens is 234 g/mol. The van der Waals surface area contributed by atoms with E-state index in [0.717, 1.165) is 11.5 Å². The molecule has 1 heterocycles. The van der Waals surface area contributed by atoms with Crippen LogP contribution in [0.15, 0.2) is 30.3 Å². The monoisotopic (exact) mass is 255 g/mol. The van der Waals surface area contributed by atoms with Gasteiger partial charge < -0.3 is 5.73 Å². The number of nitrogens with zero attached hydrogens (tertiary/aromatic N) is 2. The lowest BCUT2D eigenvalue weighted by Crippen LogP contribution is -2.07. The number of aryl methyl sites for hydroxylation is 1. The van der Waals surface area contributed by atoms with Gasteiger partial charge in [0.25, 0.3) is 0 Å². The minimum Gasteiger partial charge on any atom is -0.384 e. The number of rotatable bonds is 2. The van der Waals surface area contributed by atoms with Crippen LogP contribution in [0.25, 0.3) is 5.69 Å². The zero-order valence-corrected chi connectivity index (χ0v) is 11.5. The first-order valence-corrected chi connectivity index (χ1v) is 7.17. The van der Waals surface area contributed by atoms with Crippen LogP contribution in [0, 0.1) is 6.92 Å². The van der Waals surface area contributed by atoms with E-state index in [-0.39, 0.29) is 0 Å². The topological polar surface area (TPSA) is 43.8 Å². The predicted octanol–water partition coefficient (Wildman–Crippen LogP) is 3.81. The third-order valence-corrected chi connectivity index (χ3v) is 4.12. The smallest absolute Gasteiger partial charge is 0.127 e. The van der Waals surface area contributed by atoms with Gasteiger partial charge in [0.2, 0.25) is 0 Å². The molecular formula is C16H21N3. The molecule has 1 aliphatic carbocycles. The van der Waals surface area contributed by atoms with Crippen LogP contribution in [0.4, 0.5) is 5.82 Å². The van der Waals surface area contributed by atoms with E-state index >= 15 is 0 Å². The molecule has 0 aliphatic heterocycles. The molecule has 2 N–H and O–H groups in total. The van der Waals surface area contributed by atoms with Crippen LogP contribution >= 0.6 is 0 Å². The van der Waals surface area contributed by atoms with Crippen molar-refractivity contribution in [3.8, 4) is 5.69 Å². The maximum Gasteiger partial charge on any atom is 0.127 e. The molecule has 3 heteroatoms. The van der Waals surface area contributed by atoms with Gasteiger partial charge in [-0.25, -0.2) is 4.68 Å². The molecule has 1 saturated carbocycles. The highest BCUT2D eigenvalue weighted by atomic mass is 15.3. The molecule has 0 unspecified atom stereocenters. The van der Waals surface area contributed by atoms with Crippen molar-refractivity contribution in [2.75, 3.05) is 5.73 Å².